The number of nitrogens with one attached hydrogen (secondary N) is 1. The van der Waals surface area contributed by atoms with E-state index in [1.165, 1.54) is 0 Å². The van der Waals surface area contributed by atoms with Crippen molar-refractivity contribution in [1.29, 1.82) is 0 Å². The zero-order valence-electron chi connectivity index (χ0n) is 12.4. The first-order valence-corrected chi connectivity index (χ1v) is 8.14. The van der Waals surface area contributed by atoms with E-state index in [-0.39, 0.29) is 29.0 Å². The third kappa shape index (κ3) is 8.59. The van der Waals surface area contributed by atoms with Gasteiger partial charge in [-0.3, -0.25) is 0 Å². The van der Waals surface area contributed by atoms with Gasteiger partial charge in [0.2, 0.25) is 0 Å². The number of hydrogen-bond donors (Lipinski definition) is 1. The molecule has 0 spiro atoms. The maximum Gasteiger partial charge on any atom is 0.441 e. The van der Waals surface area contributed by atoms with Crippen molar-refractivity contribution in [2.45, 2.75) is 44.2 Å². The molecule has 0 radical (unpaired) electrons. The quantitative estimate of drug-likeness (QED) is 0.739. The molecule has 0 aliphatic heterocycles. The third-order valence-corrected chi connectivity index (χ3v) is 3.93. The molecule has 0 saturated carbocycles. The highest BCUT2D eigenvalue weighted by Crippen LogP contribution is 2.33. The normalized spacial score (nSPS) is 14.2. The van der Waals surface area contributed by atoms with Gasteiger partial charge in [0.05, 0.1) is 0 Å². The predicted octanol–water partition coefficient (Wildman–Crippen LogP) is 5.45. The summed E-state index contributed by atoms with van der Waals surface area (Å²) in [6, 6.07) is 7.34. The lowest BCUT2D eigenvalue weighted by Crippen LogP contribution is -2.38. The molecule has 0 aromatic heterocycles. The summed E-state index contributed by atoms with van der Waals surface area (Å²) in [6.07, 6.45) is 0.452. The summed E-state index contributed by atoms with van der Waals surface area (Å²) in [5.74, 6) is 0.0599. The van der Waals surface area contributed by atoms with Crippen molar-refractivity contribution in [3.8, 4) is 0 Å². The molecule has 1 N–H and O–H groups in total. The smallest absolute Gasteiger partial charge is 0.311 e. The van der Waals surface area contributed by atoms with Gasteiger partial charge < -0.3 is 5.32 Å². The van der Waals surface area contributed by atoms with Crippen LogP contribution in [0.25, 0.3) is 0 Å². The fraction of sp³-hybridized carbons (Fsp3) is 0.600. The first kappa shape index (κ1) is 18.7. The Balaban J connectivity index is 2.70. The van der Waals surface area contributed by atoms with Crippen molar-refractivity contribution >= 4 is 23.4 Å². The third-order valence-electron chi connectivity index (χ3n) is 2.93. The summed E-state index contributed by atoms with van der Waals surface area (Å²) in [7, 11) is 0. The lowest BCUT2D eigenvalue weighted by molar-refractivity contribution is -0.0328. The van der Waals surface area contributed by atoms with Gasteiger partial charge in [-0.15, -0.1) is 0 Å². The minimum Gasteiger partial charge on any atom is -0.311 e. The van der Waals surface area contributed by atoms with Crippen LogP contribution in [-0.4, -0.2) is 23.3 Å². The standard InChI is InChI=1S/C15H21ClF3NS/c1-14(2,3)20-10-12(7-8-21-15(17,18)19)11-5-4-6-13(16)9-11/h4-6,9,12,20H,7-8,10H2,1-3H3. The molecular weight excluding hydrogens is 319 g/mol. The molecule has 1 atom stereocenters. The van der Waals surface area contributed by atoms with Crippen LogP contribution in [0.1, 0.15) is 38.7 Å². The molecule has 0 bridgehead atoms. The first-order chi connectivity index (χ1) is 9.57. The summed E-state index contributed by atoms with van der Waals surface area (Å²) >= 11 is 6.01. The Morgan fingerprint density at radius 3 is 2.43 bits per heavy atom. The van der Waals surface area contributed by atoms with E-state index in [4.69, 9.17) is 11.6 Å². The maximum absolute atomic E-state index is 12.3. The Bertz CT molecular complexity index is 443. The summed E-state index contributed by atoms with van der Waals surface area (Å²) in [5, 5.41) is 3.96. The largest absolute Gasteiger partial charge is 0.441 e. The van der Waals surface area contributed by atoms with Crippen LogP contribution in [0.4, 0.5) is 13.2 Å². The summed E-state index contributed by atoms with van der Waals surface area (Å²) < 4.78 is 36.8. The van der Waals surface area contributed by atoms with Crippen LogP contribution in [0, 0.1) is 0 Å². The molecule has 0 saturated heterocycles. The average molecular weight is 340 g/mol. The van der Waals surface area contributed by atoms with E-state index < -0.39 is 5.51 Å². The highest BCUT2D eigenvalue weighted by Gasteiger charge is 2.28. The van der Waals surface area contributed by atoms with Crippen LogP contribution >= 0.6 is 23.4 Å². The molecule has 1 unspecified atom stereocenters. The Morgan fingerprint density at radius 2 is 1.90 bits per heavy atom. The van der Waals surface area contributed by atoms with Crippen molar-refractivity contribution in [1.82, 2.24) is 5.32 Å². The van der Waals surface area contributed by atoms with Crippen LogP contribution in [0.3, 0.4) is 0 Å². The van der Waals surface area contributed by atoms with Gasteiger partial charge in [0.15, 0.2) is 0 Å². The Morgan fingerprint density at radius 1 is 1.24 bits per heavy atom. The number of rotatable bonds is 6. The predicted molar refractivity (Wildman–Crippen MR) is 85.1 cm³/mol. The number of alkyl halides is 3. The number of thioether (sulfide) groups is 1. The van der Waals surface area contributed by atoms with Gasteiger partial charge in [0, 0.05) is 22.9 Å². The Kier molecular flexibility index (Phi) is 6.88. The number of benzene rings is 1. The van der Waals surface area contributed by atoms with Gasteiger partial charge in [0.25, 0.3) is 0 Å². The minimum absolute atomic E-state index is 0.0118. The summed E-state index contributed by atoms with van der Waals surface area (Å²) in [6.45, 7) is 6.73. The van der Waals surface area contributed by atoms with Crippen LogP contribution in [0.5, 0.6) is 0 Å². The van der Waals surface area contributed by atoms with Gasteiger partial charge in [-0.25, -0.2) is 0 Å². The van der Waals surface area contributed by atoms with Crippen molar-refractivity contribution in [2.24, 2.45) is 0 Å². The van der Waals surface area contributed by atoms with E-state index in [9.17, 15) is 13.2 Å². The highest BCUT2D eigenvalue weighted by atomic mass is 35.5. The Labute approximate surface area is 133 Å². The molecule has 0 amide bonds. The van der Waals surface area contributed by atoms with E-state index in [0.717, 1.165) is 5.56 Å². The molecule has 120 valence electrons. The van der Waals surface area contributed by atoms with E-state index in [2.05, 4.69) is 5.32 Å². The molecule has 1 nitrogen and oxygen atoms in total. The topological polar surface area (TPSA) is 12.0 Å². The van der Waals surface area contributed by atoms with Gasteiger partial charge in [-0.2, -0.15) is 13.2 Å². The molecule has 0 heterocycles. The van der Waals surface area contributed by atoms with Crippen LogP contribution in [0.2, 0.25) is 5.02 Å². The van der Waals surface area contributed by atoms with Gasteiger partial charge in [-0.1, -0.05) is 35.5 Å². The van der Waals surface area contributed by atoms with Gasteiger partial charge in [-0.05, 0) is 50.8 Å². The maximum atomic E-state index is 12.3. The fourth-order valence-electron chi connectivity index (χ4n) is 1.89. The van der Waals surface area contributed by atoms with Crippen LogP contribution in [-0.2, 0) is 0 Å². The monoisotopic (exact) mass is 339 g/mol. The molecule has 6 heteroatoms. The lowest BCUT2D eigenvalue weighted by Gasteiger charge is -2.26. The highest BCUT2D eigenvalue weighted by molar-refractivity contribution is 8.00. The zero-order valence-corrected chi connectivity index (χ0v) is 14.0. The lowest BCUT2D eigenvalue weighted by atomic mass is 9.95. The van der Waals surface area contributed by atoms with Crippen LogP contribution in [0.15, 0.2) is 24.3 Å². The van der Waals surface area contributed by atoms with E-state index in [1.54, 1.807) is 6.07 Å². The fourth-order valence-corrected chi connectivity index (χ4v) is 2.73. The van der Waals surface area contributed by atoms with Gasteiger partial charge >= 0.3 is 5.51 Å². The summed E-state index contributed by atoms with van der Waals surface area (Å²) in [4.78, 5) is 0. The molecule has 1 aromatic carbocycles. The van der Waals surface area contributed by atoms with E-state index >= 15 is 0 Å². The van der Waals surface area contributed by atoms with Crippen LogP contribution < -0.4 is 5.32 Å². The summed E-state index contributed by atoms with van der Waals surface area (Å²) in [5.41, 5.74) is -3.27. The first-order valence-electron chi connectivity index (χ1n) is 6.78. The number of halogens is 4. The molecular formula is C15H21ClF3NS. The molecule has 1 aromatic rings. The molecule has 0 aliphatic rings. The Hall–Kier alpha value is -0.390. The van der Waals surface area contributed by atoms with Crippen molar-refractivity contribution < 1.29 is 13.2 Å². The molecule has 0 fully saturated rings. The minimum atomic E-state index is -4.17. The average Bonchev–Trinajstić information content (AvgIpc) is 2.30. The second kappa shape index (κ2) is 7.75. The second-order valence-electron chi connectivity index (χ2n) is 5.97. The molecule has 21 heavy (non-hydrogen) atoms. The zero-order chi connectivity index (χ0) is 16.1. The SMILES string of the molecule is CC(C)(C)NCC(CCSC(F)(F)F)c1cccc(Cl)c1. The van der Waals surface area contributed by atoms with Gasteiger partial charge in [0.1, 0.15) is 0 Å². The number of hydrogen-bond acceptors (Lipinski definition) is 2. The second-order valence-corrected chi connectivity index (χ2v) is 7.56. The van der Waals surface area contributed by atoms with Crippen molar-refractivity contribution in [3.63, 3.8) is 0 Å². The van der Waals surface area contributed by atoms with E-state index in [0.29, 0.717) is 18.0 Å². The van der Waals surface area contributed by atoms with Crippen molar-refractivity contribution in [3.05, 3.63) is 34.9 Å². The molecule has 0 aliphatic carbocycles. The van der Waals surface area contributed by atoms with E-state index in [1.807, 2.05) is 39.0 Å². The van der Waals surface area contributed by atoms with Crippen molar-refractivity contribution in [2.75, 3.05) is 12.3 Å². The molecule has 1 rings (SSSR count).